The number of carbonyl (C=O) groups excluding carboxylic acids is 1. The second-order valence-corrected chi connectivity index (χ2v) is 6.22. The minimum Gasteiger partial charge on any atom is -0.484 e. The van der Waals surface area contributed by atoms with E-state index in [-0.39, 0.29) is 18.6 Å². The Hall–Kier alpha value is -3.53. The van der Waals surface area contributed by atoms with Crippen LogP contribution in [-0.4, -0.2) is 12.5 Å². The molecule has 0 saturated heterocycles. The summed E-state index contributed by atoms with van der Waals surface area (Å²) in [6.07, 6.45) is 1.60. The van der Waals surface area contributed by atoms with E-state index >= 15 is 0 Å². The molecule has 0 bridgehead atoms. The molecule has 1 aromatic heterocycles. The fourth-order valence-electron chi connectivity index (χ4n) is 3.03. The lowest BCUT2D eigenvalue weighted by Gasteiger charge is -2.17. The van der Waals surface area contributed by atoms with Crippen LogP contribution in [0.5, 0.6) is 5.75 Å². The summed E-state index contributed by atoms with van der Waals surface area (Å²) in [6.45, 7) is -0.0671. The Morgan fingerprint density at radius 2 is 1.67 bits per heavy atom. The lowest BCUT2D eigenvalue weighted by molar-refractivity contribution is -0.123. The SMILES string of the molecule is O=C(COc1ccc2ccccc2c1)N[C@H](c1ccccc1)c1ccco1. The minimum absolute atomic E-state index is 0.0671. The summed E-state index contributed by atoms with van der Waals surface area (Å²) in [6, 6.07) is 26.8. The zero-order chi connectivity index (χ0) is 18.5. The summed E-state index contributed by atoms with van der Waals surface area (Å²) < 4.78 is 11.2. The van der Waals surface area contributed by atoms with Gasteiger partial charge >= 0.3 is 0 Å². The van der Waals surface area contributed by atoms with Crippen molar-refractivity contribution in [1.29, 1.82) is 0 Å². The van der Waals surface area contributed by atoms with E-state index in [9.17, 15) is 4.79 Å². The van der Waals surface area contributed by atoms with Crippen molar-refractivity contribution in [2.45, 2.75) is 6.04 Å². The molecule has 4 heteroatoms. The van der Waals surface area contributed by atoms with E-state index in [0.29, 0.717) is 11.5 Å². The van der Waals surface area contributed by atoms with Crippen LogP contribution in [0, 0.1) is 0 Å². The Kier molecular flexibility index (Phi) is 4.88. The first-order valence-electron chi connectivity index (χ1n) is 8.79. The standard InChI is InChI=1S/C23H19NO3/c25-22(16-27-20-13-12-17-7-4-5-10-19(17)15-20)24-23(21-11-6-14-26-21)18-8-2-1-3-9-18/h1-15,23H,16H2,(H,24,25)/t23-/m1/s1. The van der Waals surface area contributed by atoms with Crippen molar-refractivity contribution in [2.75, 3.05) is 6.61 Å². The van der Waals surface area contributed by atoms with Crippen molar-refractivity contribution in [3.63, 3.8) is 0 Å². The van der Waals surface area contributed by atoms with E-state index in [1.165, 1.54) is 0 Å². The maximum atomic E-state index is 12.5. The molecule has 3 aromatic carbocycles. The summed E-state index contributed by atoms with van der Waals surface area (Å²) in [5.41, 5.74) is 0.950. The summed E-state index contributed by atoms with van der Waals surface area (Å²) in [5, 5.41) is 5.20. The van der Waals surface area contributed by atoms with Gasteiger partial charge in [0.15, 0.2) is 6.61 Å². The Balaban J connectivity index is 1.45. The highest BCUT2D eigenvalue weighted by Crippen LogP contribution is 2.23. The lowest BCUT2D eigenvalue weighted by atomic mass is 10.0. The Morgan fingerprint density at radius 3 is 2.44 bits per heavy atom. The molecule has 4 nitrogen and oxygen atoms in total. The van der Waals surface area contributed by atoms with Crippen molar-refractivity contribution >= 4 is 16.7 Å². The number of fused-ring (bicyclic) bond motifs is 1. The van der Waals surface area contributed by atoms with E-state index in [1.807, 2.05) is 84.9 Å². The van der Waals surface area contributed by atoms with Crippen LogP contribution in [0.3, 0.4) is 0 Å². The topological polar surface area (TPSA) is 51.5 Å². The molecule has 0 aliphatic carbocycles. The number of furan rings is 1. The van der Waals surface area contributed by atoms with Crippen LogP contribution < -0.4 is 10.1 Å². The lowest BCUT2D eigenvalue weighted by Crippen LogP contribution is -2.33. The first kappa shape index (κ1) is 16.9. The van der Waals surface area contributed by atoms with Gasteiger partial charge in [0.2, 0.25) is 0 Å². The smallest absolute Gasteiger partial charge is 0.258 e. The van der Waals surface area contributed by atoms with Crippen molar-refractivity contribution in [3.05, 3.63) is 103 Å². The molecule has 0 saturated carbocycles. The average Bonchev–Trinajstić information content (AvgIpc) is 3.25. The predicted octanol–water partition coefficient (Wildman–Crippen LogP) is 4.72. The normalized spacial score (nSPS) is 11.9. The van der Waals surface area contributed by atoms with Crippen LogP contribution in [0.2, 0.25) is 0 Å². The summed E-state index contributed by atoms with van der Waals surface area (Å²) in [5.74, 6) is 1.13. The van der Waals surface area contributed by atoms with Gasteiger partial charge in [-0.3, -0.25) is 4.79 Å². The third-order valence-electron chi connectivity index (χ3n) is 4.36. The molecule has 1 amide bonds. The number of hydrogen-bond donors (Lipinski definition) is 1. The number of benzene rings is 3. The molecule has 27 heavy (non-hydrogen) atoms. The minimum atomic E-state index is -0.353. The zero-order valence-corrected chi connectivity index (χ0v) is 14.7. The molecule has 0 aliphatic rings. The molecule has 0 radical (unpaired) electrons. The van der Waals surface area contributed by atoms with E-state index in [1.54, 1.807) is 6.26 Å². The van der Waals surface area contributed by atoms with E-state index < -0.39 is 0 Å². The molecular weight excluding hydrogens is 338 g/mol. The van der Waals surface area contributed by atoms with Gasteiger partial charge in [-0.15, -0.1) is 0 Å². The molecule has 0 spiro atoms. The Bertz CT molecular complexity index is 1030. The monoisotopic (exact) mass is 357 g/mol. The number of carbonyl (C=O) groups is 1. The maximum Gasteiger partial charge on any atom is 0.258 e. The van der Waals surface area contributed by atoms with Gasteiger partial charge in [0.25, 0.3) is 5.91 Å². The zero-order valence-electron chi connectivity index (χ0n) is 14.7. The van der Waals surface area contributed by atoms with Crippen LogP contribution in [0.1, 0.15) is 17.4 Å². The third kappa shape index (κ3) is 4.01. The molecular formula is C23H19NO3. The van der Waals surface area contributed by atoms with Crippen LogP contribution in [0.25, 0.3) is 10.8 Å². The second kappa shape index (κ2) is 7.79. The van der Waals surface area contributed by atoms with Gasteiger partial charge < -0.3 is 14.5 Å². The van der Waals surface area contributed by atoms with Crippen molar-refractivity contribution in [1.82, 2.24) is 5.32 Å². The Labute approximate surface area is 157 Å². The van der Waals surface area contributed by atoms with E-state index in [4.69, 9.17) is 9.15 Å². The van der Waals surface area contributed by atoms with Gasteiger partial charge in [-0.2, -0.15) is 0 Å². The summed E-state index contributed by atoms with van der Waals surface area (Å²) in [7, 11) is 0. The molecule has 4 rings (SSSR count). The summed E-state index contributed by atoms with van der Waals surface area (Å²) in [4.78, 5) is 12.5. The second-order valence-electron chi connectivity index (χ2n) is 6.22. The molecule has 4 aromatic rings. The number of hydrogen-bond acceptors (Lipinski definition) is 3. The number of amides is 1. The van der Waals surface area contributed by atoms with Gasteiger partial charge in [-0.25, -0.2) is 0 Å². The fourth-order valence-corrected chi connectivity index (χ4v) is 3.03. The van der Waals surface area contributed by atoms with Gasteiger partial charge in [0.1, 0.15) is 17.6 Å². The molecule has 1 N–H and O–H groups in total. The average molecular weight is 357 g/mol. The molecule has 134 valence electrons. The van der Waals surface area contributed by atoms with Crippen molar-refractivity contribution < 1.29 is 13.9 Å². The van der Waals surface area contributed by atoms with Crippen LogP contribution in [0.4, 0.5) is 0 Å². The van der Waals surface area contributed by atoms with E-state index in [0.717, 1.165) is 16.3 Å². The number of nitrogens with one attached hydrogen (secondary N) is 1. The van der Waals surface area contributed by atoms with Gasteiger partial charge in [-0.05, 0) is 40.6 Å². The molecule has 0 unspecified atom stereocenters. The quantitative estimate of drug-likeness (QED) is 0.543. The molecule has 1 atom stereocenters. The van der Waals surface area contributed by atoms with Crippen LogP contribution >= 0.6 is 0 Å². The van der Waals surface area contributed by atoms with Gasteiger partial charge in [-0.1, -0.05) is 60.7 Å². The van der Waals surface area contributed by atoms with Crippen molar-refractivity contribution in [2.24, 2.45) is 0 Å². The first-order valence-corrected chi connectivity index (χ1v) is 8.79. The maximum absolute atomic E-state index is 12.5. The number of ether oxygens (including phenoxy) is 1. The third-order valence-corrected chi connectivity index (χ3v) is 4.36. The highest BCUT2D eigenvalue weighted by atomic mass is 16.5. The molecule has 0 fully saturated rings. The van der Waals surface area contributed by atoms with Crippen molar-refractivity contribution in [3.8, 4) is 5.75 Å². The number of rotatable bonds is 6. The molecule has 0 aliphatic heterocycles. The summed E-state index contributed by atoms with van der Waals surface area (Å²) >= 11 is 0. The van der Waals surface area contributed by atoms with Gasteiger partial charge in [0.05, 0.1) is 6.26 Å². The first-order chi connectivity index (χ1) is 13.3. The fraction of sp³-hybridized carbons (Fsp3) is 0.0870. The molecule has 1 heterocycles. The largest absolute Gasteiger partial charge is 0.484 e. The predicted molar refractivity (Wildman–Crippen MR) is 105 cm³/mol. The Morgan fingerprint density at radius 1 is 0.889 bits per heavy atom. The van der Waals surface area contributed by atoms with E-state index in [2.05, 4.69) is 5.32 Å². The van der Waals surface area contributed by atoms with Crippen LogP contribution in [-0.2, 0) is 4.79 Å². The van der Waals surface area contributed by atoms with Crippen LogP contribution in [0.15, 0.2) is 95.6 Å². The van der Waals surface area contributed by atoms with Gasteiger partial charge in [0, 0.05) is 0 Å². The highest BCUT2D eigenvalue weighted by Gasteiger charge is 2.19. The highest BCUT2D eigenvalue weighted by molar-refractivity contribution is 5.84.